The second-order valence-corrected chi connectivity index (χ2v) is 9.33. The van der Waals surface area contributed by atoms with Gasteiger partial charge in [0.15, 0.2) is 6.29 Å². The highest BCUT2D eigenvalue weighted by molar-refractivity contribution is 9.10. The van der Waals surface area contributed by atoms with E-state index in [1.807, 2.05) is 12.1 Å². The van der Waals surface area contributed by atoms with Crippen LogP contribution in [0.3, 0.4) is 0 Å². The van der Waals surface area contributed by atoms with Gasteiger partial charge in [0.05, 0.1) is 18.0 Å². The lowest BCUT2D eigenvalue weighted by Crippen LogP contribution is -2.34. The minimum atomic E-state index is -0.339. The maximum absolute atomic E-state index is 12.4. The number of amides is 1. The van der Waals surface area contributed by atoms with Gasteiger partial charge in [-0.25, -0.2) is 14.5 Å². The van der Waals surface area contributed by atoms with E-state index in [0.717, 1.165) is 42.6 Å². The minimum Gasteiger partial charge on any atom is -0.443 e. The third-order valence-electron chi connectivity index (χ3n) is 6.05. The van der Waals surface area contributed by atoms with E-state index in [1.165, 1.54) is 19.3 Å². The van der Waals surface area contributed by atoms with Gasteiger partial charge < -0.3 is 19.1 Å². The smallest absolute Gasteiger partial charge is 0.409 e. The molecule has 174 valence electrons. The second-order valence-electron chi connectivity index (χ2n) is 8.47. The summed E-state index contributed by atoms with van der Waals surface area (Å²) in [5.41, 5.74) is 2.68. The molecule has 1 saturated heterocycles. The average molecular weight is 508 g/mol. The highest BCUT2D eigenvalue weighted by Crippen LogP contribution is 2.28. The van der Waals surface area contributed by atoms with Crippen LogP contribution in [-0.2, 0) is 34.5 Å². The fourth-order valence-corrected chi connectivity index (χ4v) is 4.18. The molecule has 0 spiro atoms. The molecule has 2 aromatic heterocycles. The molecule has 0 N–H and O–H groups in total. The number of carbonyl (C=O) groups is 1. The summed E-state index contributed by atoms with van der Waals surface area (Å²) < 4.78 is 19.6. The van der Waals surface area contributed by atoms with Gasteiger partial charge in [0.2, 0.25) is 0 Å². The molecule has 1 atom stereocenters. The van der Waals surface area contributed by atoms with Crippen LogP contribution < -0.4 is 0 Å². The summed E-state index contributed by atoms with van der Waals surface area (Å²) >= 11 is 3.55. The quantitative estimate of drug-likeness (QED) is 0.531. The van der Waals surface area contributed by atoms with Gasteiger partial charge in [-0.15, -0.1) is 5.10 Å². The summed E-state index contributed by atoms with van der Waals surface area (Å²) in [5, 5.41) is 8.38. The van der Waals surface area contributed by atoms with Gasteiger partial charge in [-0.3, -0.25) is 0 Å². The Labute approximate surface area is 196 Å². The standard InChI is InChI=1S/C22H30BrN5O4/c1-27(12-15-6-5-7-15)22(29)32-14-19-21(25-26-28(19)2)17-10-9-16(23)18(24-17)13-31-20-8-3-4-11-30-20/h9-10,15,20H,3-8,11-14H2,1-2H3. The van der Waals surface area contributed by atoms with E-state index in [9.17, 15) is 4.79 Å². The molecule has 4 rings (SSSR count). The van der Waals surface area contributed by atoms with Crippen molar-refractivity contribution in [3.05, 3.63) is 28.0 Å². The number of ether oxygens (including phenoxy) is 3. The Balaban J connectivity index is 1.41. The van der Waals surface area contributed by atoms with Gasteiger partial charge >= 0.3 is 6.09 Å². The zero-order chi connectivity index (χ0) is 22.5. The van der Waals surface area contributed by atoms with Crippen molar-refractivity contribution in [1.82, 2.24) is 24.9 Å². The van der Waals surface area contributed by atoms with E-state index in [2.05, 4.69) is 26.2 Å². The molecule has 3 heterocycles. The summed E-state index contributed by atoms with van der Waals surface area (Å²) in [6.45, 7) is 1.87. The van der Waals surface area contributed by atoms with Crippen LogP contribution in [0.1, 0.15) is 49.9 Å². The molecule has 2 fully saturated rings. The van der Waals surface area contributed by atoms with Crippen LogP contribution in [0.5, 0.6) is 0 Å². The zero-order valence-corrected chi connectivity index (χ0v) is 20.2. The molecular weight excluding hydrogens is 478 g/mol. The van der Waals surface area contributed by atoms with Crippen LogP contribution >= 0.6 is 15.9 Å². The van der Waals surface area contributed by atoms with Gasteiger partial charge in [0, 0.05) is 31.7 Å². The van der Waals surface area contributed by atoms with Crippen LogP contribution in [0.15, 0.2) is 16.6 Å². The molecule has 1 saturated carbocycles. The highest BCUT2D eigenvalue weighted by atomic mass is 79.9. The fourth-order valence-electron chi connectivity index (χ4n) is 3.85. The molecular formula is C22H30BrN5O4. The van der Waals surface area contributed by atoms with Crippen LogP contribution in [-0.4, -0.2) is 57.5 Å². The van der Waals surface area contributed by atoms with Crippen molar-refractivity contribution in [3.8, 4) is 11.4 Å². The third-order valence-corrected chi connectivity index (χ3v) is 6.77. The molecule has 1 amide bonds. The van der Waals surface area contributed by atoms with Crippen LogP contribution in [0.25, 0.3) is 11.4 Å². The normalized spacial score (nSPS) is 18.9. The Morgan fingerprint density at radius 2 is 2.09 bits per heavy atom. The number of pyridine rings is 1. The average Bonchev–Trinajstić information content (AvgIpc) is 3.14. The largest absolute Gasteiger partial charge is 0.443 e. The number of nitrogens with zero attached hydrogens (tertiary/aromatic N) is 5. The van der Waals surface area contributed by atoms with E-state index >= 15 is 0 Å². The first-order chi connectivity index (χ1) is 15.5. The van der Waals surface area contributed by atoms with E-state index in [0.29, 0.717) is 29.6 Å². The van der Waals surface area contributed by atoms with Gasteiger partial charge in [-0.2, -0.15) is 0 Å². The van der Waals surface area contributed by atoms with Gasteiger partial charge in [-0.1, -0.05) is 11.6 Å². The lowest BCUT2D eigenvalue weighted by atomic mass is 9.85. The molecule has 2 aliphatic rings. The van der Waals surface area contributed by atoms with Crippen LogP contribution in [0, 0.1) is 5.92 Å². The monoisotopic (exact) mass is 507 g/mol. The van der Waals surface area contributed by atoms with Crippen molar-refractivity contribution in [2.24, 2.45) is 13.0 Å². The van der Waals surface area contributed by atoms with Gasteiger partial charge in [0.25, 0.3) is 0 Å². The molecule has 32 heavy (non-hydrogen) atoms. The third kappa shape index (κ3) is 5.65. The summed E-state index contributed by atoms with van der Waals surface area (Å²) in [6, 6.07) is 3.78. The molecule has 0 bridgehead atoms. The van der Waals surface area contributed by atoms with Crippen molar-refractivity contribution in [1.29, 1.82) is 0 Å². The first kappa shape index (κ1) is 23.1. The zero-order valence-electron chi connectivity index (χ0n) is 18.6. The summed E-state index contributed by atoms with van der Waals surface area (Å²) in [5.74, 6) is 0.591. The van der Waals surface area contributed by atoms with Crippen LogP contribution in [0.2, 0.25) is 0 Å². The van der Waals surface area contributed by atoms with E-state index in [4.69, 9.17) is 19.2 Å². The highest BCUT2D eigenvalue weighted by Gasteiger charge is 2.23. The van der Waals surface area contributed by atoms with E-state index in [-0.39, 0.29) is 19.0 Å². The van der Waals surface area contributed by atoms with E-state index < -0.39 is 0 Å². The molecule has 9 nitrogen and oxygen atoms in total. The Bertz CT molecular complexity index is 927. The van der Waals surface area contributed by atoms with Crippen molar-refractivity contribution >= 4 is 22.0 Å². The number of aromatic nitrogens is 4. The van der Waals surface area contributed by atoms with Gasteiger partial charge in [0.1, 0.15) is 18.0 Å². The van der Waals surface area contributed by atoms with Crippen LogP contribution in [0.4, 0.5) is 4.79 Å². The minimum absolute atomic E-state index is 0.0756. The Morgan fingerprint density at radius 1 is 1.25 bits per heavy atom. The Morgan fingerprint density at radius 3 is 2.81 bits per heavy atom. The van der Waals surface area contributed by atoms with E-state index in [1.54, 1.807) is 23.7 Å². The molecule has 0 aromatic carbocycles. The lowest BCUT2D eigenvalue weighted by molar-refractivity contribution is -0.169. The molecule has 1 aliphatic heterocycles. The summed E-state index contributed by atoms with van der Waals surface area (Å²) in [7, 11) is 3.56. The number of aryl methyl sites for hydroxylation is 1. The molecule has 0 radical (unpaired) electrons. The maximum Gasteiger partial charge on any atom is 0.409 e. The molecule has 10 heteroatoms. The van der Waals surface area contributed by atoms with Crippen molar-refractivity contribution in [3.63, 3.8) is 0 Å². The number of hydrogen-bond donors (Lipinski definition) is 0. The van der Waals surface area contributed by atoms with Crippen molar-refractivity contribution in [2.75, 3.05) is 20.2 Å². The fraction of sp³-hybridized carbons (Fsp3) is 0.636. The predicted octanol–water partition coefficient (Wildman–Crippen LogP) is 4.05. The summed E-state index contributed by atoms with van der Waals surface area (Å²) in [6.07, 6.45) is 6.16. The summed E-state index contributed by atoms with van der Waals surface area (Å²) in [4.78, 5) is 18.8. The van der Waals surface area contributed by atoms with Crippen molar-refractivity contribution < 1.29 is 19.0 Å². The van der Waals surface area contributed by atoms with Crippen molar-refractivity contribution in [2.45, 2.75) is 58.0 Å². The Hall–Kier alpha value is -2.04. The predicted molar refractivity (Wildman–Crippen MR) is 120 cm³/mol. The Kier molecular flexibility index (Phi) is 7.75. The van der Waals surface area contributed by atoms with Gasteiger partial charge in [-0.05, 0) is 66.1 Å². The first-order valence-electron chi connectivity index (χ1n) is 11.2. The molecule has 1 aliphatic carbocycles. The number of rotatable bonds is 8. The maximum atomic E-state index is 12.4. The molecule has 2 aromatic rings. The topological polar surface area (TPSA) is 91.6 Å². The number of hydrogen-bond acceptors (Lipinski definition) is 7. The number of carbonyl (C=O) groups excluding carboxylic acids is 1. The second kappa shape index (κ2) is 10.7. The first-order valence-corrected chi connectivity index (χ1v) is 12.0. The molecule has 1 unspecified atom stereocenters. The lowest BCUT2D eigenvalue weighted by Gasteiger charge is -2.29. The number of halogens is 1. The SMILES string of the molecule is CN(CC1CCC1)C(=O)OCc1c(-c2ccc(Br)c(COC3CCCCO3)n2)nnn1C.